The summed E-state index contributed by atoms with van der Waals surface area (Å²) in [6.07, 6.45) is 2.11. The number of carbonyl (C=O) groups excluding carboxylic acids is 1. The fourth-order valence-electron chi connectivity index (χ4n) is 2.64. The van der Waals surface area contributed by atoms with Crippen LogP contribution in [0.1, 0.15) is 23.8 Å². The van der Waals surface area contributed by atoms with Gasteiger partial charge in [-0.25, -0.2) is 0 Å². The number of rotatable bonds is 4. The van der Waals surface area contributed by atoms with Crippen LogP contribution in [0.3, 0.4) is 0 Å². The number of likely N-dealkylation sites (tertiary alicyclic amines) is 1. The van der Waals surface area contributed by atoms with E-state index in [1.165, 1.54) is 16.6 Å². The largest absolute Gasteiger partial charge is 0.507 e. The molecule has 0 radical (unpaired) electrons. The van der Waals surface area contributed by atoms with Crippen LogP contribution in [-0.2, 0) is 4.79 Å². The highest BCUT2D eigenvalue weighted by Crippen LogP contribution is 2.35. The number of carbonyl (C=O) groups is 1. The molecule has 5 heteroatoms. The summed E-state index contributed by atoms with van der Waals surface area (Å²) in [5.74, 6) is 0.769. The molecule has 0 saturated carbocycles. The van der Waals surface area contributed by atoms with Gasteiger partial charge in [0.15, 0.2) is 0 Å². The highest BCUT2D eigenvalue weighted by atomic mass is 32.2. The van der Waals surface area contributed by atoms with Gasteiger partial charge in [0.1, 0.15) is 5.75 Å². The van der Waals surface area contributed by atoms with Crippen LogP contribution in [0.25, 0.3) is 0 Å². The molecule has 1 aromatic carbocycles. The van der Waals surface area contributed by atoms with Crippen LogP contribution < -0.4 is 0 Å². The summed E-state index contributed by atoms with van der Waals surface area (Å²) in [5.41, 5.74) is 0. The Labute approximate surface area is 132 Å². The van der Waals surface area contributed by atoms with E-state index < -0.39 is 0 Å². The topological polar surface area (TPSA) is 40.5 Å². The van der Waals surface area contributed by atoms with Crippen molar-refractivity contribution >= 4 is 29.0 Å². The molecule has 3 rings (SSSR count). The summed E-state index contributed by atoms with van der Waals surface area (Å²) in [4.78, 5) is 16.5. The molecule has 1 unspecified atom stereocenters. The zero-order valence-electron chi connectivity index (χ0n) is 11.6. The van der Waals surface area contributed by atoms with Crippen LogP contribution in [0, 0.1) is 0 Å². The van der Waals surface area contributed by atoms with Crippen LogP contribution in [-0.4, -0.2) is 28.2 Å². The zero-order valence-corrected chi connectivity index (χ0v) is 13.2. The average Bonchev–Trinajstić information content (AvgIpc) is 3.16. The Morgan fingerprint density at radius 1 is 1.33 bits per heavy atom. The molecule has 2 heterocycles. The van der Waals surface area contributed by atoms with E-state index in [2.05, 4.69) is 11.4 Å². The minimum Gasteiger partial charge on any atom is -0.507 e. The van der Waals surface area contributed by atoms with Crippen molar-refractivity contribution in [2.24, 2.45) is 0 Å². The smallest absolute Gasteiger partial charge is 0.233 e. The molecule has 110 valence electrons. The maximum Gasteiger partial charge on any atom is 0.233 e. The number of benzene rings is 1. The van der Waals surface area contributed by atoms with Crippen molar-refractivity contribution in [3.8, 4) is 5.75 Å². The Hall–Kier alpha value is -1.46. The molecule has 3 nitrogen and oxygen atoms in total. The number of para-hydroxylation sites is 1. The first-order valence-corrected chi connectivity index (χ1v) is 8.86. The maximum atomic E-state index is 12.5. The number of amides is 1. The van der Waals surface area contributed by atoms with Gasteiger partial charge in [-0.1, -0.05) is 18.2 Å². The summed E-state index contributed by atoms with van der Waals surface area (Å²) in [7, 11) is 0. The molecule has 1 aromatic heterocycles. The summed E-state index contributed by atoms with van der Waals surface area (Å²) in [6, 6.07) is 11.5. The molecule has 1 aliphatic heterocycles. The van der Waals surface area contributed by atoms with Gasteiger partial charge in [-0.2, -0.15) is 0 Å². The molecule has 1 amide bonds. The Kier molecular flexibility index (Phi) is 4.51. The van der Waals surface area contributed by atoms with Gasteiger partial charge in [0.2, 0.25) is 5.91 Å². The van der Waals surface area contributed by atoms with Crippen LogP contribution >= 0.6 is 23.1 Å². The first-order valence-electron chi connectivity index (χ1n) is 6.99. The Balaban J connectivity index is 1.64. The first-order chi connectivity index (χ1) is 10.3. The molecule has 1 saturated heterocycles. The van der Waals surface area contributed by atoms with Gasteiger partial charge in [-0.05, 0) is 36.4 Å². The van der Waals surface area contributed by atoms with Crippen LogP contribution in [0.5, 0.6) is 5.75 Å². The van der Waals surface area contributed by atoms with Crippen molar-refractivity contribution in [3.63, 3.8) is 0 Å². The monoisotopic (exact) mass is 319 g/mol. The molecule has 0 bridgehead atoms. The number of thioether (sulfide) groups is 1. The fourth-order valence-corrected chi connectivity index (χ4v) is 4.35. The number of aromatic hydroxyl groups is 1. The third-order valence-electron chi connectivity index (χ3n) is 3.66. The summed E-state index contributed by atoms with van der Waals surface area (Å²) < 4.78 is 0. The van der Waals surface area contributed by atoms with Crippen molar-refractivity contribution < 1.29 is 9.90 Å². The van der Waals surface area contributed by atoms with E-state index in [4.69, 9.17) is 0 Å². The molecular weight excluding hydrogens is 302 g/mol. The van der Waals surface area contributed by atoms with Gasteiger partial charge in [-0.15, -0.1) is 23.1 Å². The van der Waals surface area contributed by atoms with E-state index in [-0.39, 0.29) is 17.7 Å². The number of hydrogen-bond acceptors (Lipinski definition) is 4. The second kappa shape index (κ2) is 6.54. The first kappa shape index (κ1) is 14.5. The molecule has 21 heavy (non-hydrogen) atoms. The highest BCUT2D eigenvalue weighted by molar-refractivity contribution is 8.00. The number of thiophene rings is 1. The van der Waals surface area contributed by atoms with E-state index in [0.29, 0.717) is 5.75 Å². The van der Waals surface area contributed by atoms with E-state index >= 15 is 0 Å². The molecule has 1 N–H and O–H groups in total. The van der Waals surface area contributed by atoms with E-state index in [1.807, 2.05) is 23.1 Å². The van der Waals surface area contributed by atoms with Gasteiger partial charge in [0, 0.05) is 16.3 Å². The molecule has 0 aliphatic carbocycles. The molecule has 0 spiro atoms. The van der Waals surface area contributed by atoms with Gasteiger partial charge >= 0.3 is 0 Å². The predicted molar refractivity (Wildman–Crippen MR) is 86.8 cm³/mol. The second-order valence-electron chi connectivity index (χ2n) is 5.02. The Morgan fingerprint density at radius 3 is 2.95 bits per heavy atom. The summed E-state index contributed by atoms with van der Waals surface area (Å²) in [6.45, 7) is 0.836. The number of hydrogen-bond donors (Lipinski definition) is 1. The quantitative estimate of drug-likeness (QED) is 0.869. The maximum absolute atomic E-state index is 12.5. The lowest BCUT2D eigenvalue weighted by Crippen LogP contribution is -2.31. The Bertz CT molecular complexity index is 612. The molecule has 1 atom stereocenters. The highest BCUT2D eigenvalue weighted by Gasteiger charge is 2.30. The minimum absolute atomic E-state index is 0.152. The summed E-state index contributed by atoms with van der Waals surface area (Å²) >= 11 is 3.12. The standard InChI is InChI=1S/C16H17NO2S2/c18-13-6-1-2-7-15(13)21-11-16(19)17-9-3-5-12(17)14-8-4-10-20-14/h1-2,4,6-8,10,12,18H,3,5,9,11H2. The van der Waals surface area contributed by atoms with Gasteiger partial charge in [0.05, 0.1) is 11.8 Å². The SMILES string of the molecule is O=C(CSc1ccccc1O)N1CCCC1c1cccs1. The van der Waals surface area contributed by atoms with E-state index in [9.17, 15) is 9.90 Å². The van der Waals surface area contributed by atoms with Crippen molar-refractivity contribution in [1.29, 1.82) is 0 Å². The van der Waals surface area contributed by atoms with Crippen molar-refractivity contribution in [2.45, 2.75) is 23.8 Å². The minimum atomic E-state index is 0.152. The van der Waals surface area contributed by atoms with Gasteiger partial charge < -0.3 is 10.0 Å². The van der Waals surface area contributed by atoms with E-state index in [0.717, 1.165) is 24.3 Å². The number of phenols is 1. The lowest BCUT2D eigenvalue weighted by atomic mass is 10.2. The molecule has 1 aliphatic rings. The van der Waals surface area contributed by atoms with Gasteiger partial charge in [-0.3, -0.25) is 4.79 Å². The normalized spacial score (nSPS) is 18.1. The Morgan fingerprint density at radius 2 is 2.19 bits per heavy atom. The average molecular weight is 319 g/mol. The van der Waals surface area contributed by atoms with Crippen LogP contribution in [0.4, 0.5) is 0 Å². The predicted octanol–water partition coefficient (Wildman–Crippen LogP) is 3.91. The fraction of sp³-hybridized carbons (Fsp3) is 0.312. The number of nitrogens with zero attached hydrogens (tertiary/aromatic N) is 1. The zero-order chi connectivity index (χ0) is 14.7. The van der Waals surface area contributed by atoms with E-state index in [1.54, 1.807) is 23.5 Å². The van der Waals surface area contributed by atoms with Crippen molar-refractivity contribution in [1.82, 2.24) is 4.90 Å². The van der Waals surface area contributed by atoms with Crippen LogP contribution in [0.15, 0.2) is 46.7 Å². The van der Waals surface area contributed by atoms with Gasteiger partial charge in [0.25, 0.3) is 0 Å². The lowest BCUT2D eigenvalue weighted by Gasteiger charge is -2.23. The van der Waals surface area contributed by atoms with Crippen LogP contribution in [0.2, 0.25) is 0 Å². The lowest BCUT2D eigenvalue weighted by molar-refractivity contribution is -0.129. The third-order valence-corrected chi connectivity index (χ3v) is 5.68. The molecular formula is C16H17NO2S2. The summed E-state index contributed by atoms with van der Waals surface area (Å²) in [5, 5.41) is 11.8. The molecule has 1 fully saturated rings. The van der Waals surface area contributed by atoms with Crippen molar-refractivity contribution in [3.05, 3.63) is 46.7 Å². The third kappa shape index (κ3) is 3.24. The number of phenolic OH excluding ortho intramolecular Hbond substituents is 1. The molecule has 2 aromatic rings. The van der Waals surface area contributed by atoms with Crippen molar-refractivity contribution in [2.75, 3.05) is 12.3 Å². The second-order valence-corrected chi connectivity index (χ2v) is 7.01.